The van der Waals surface area contributed by atoms with Gasteiger partial charge in [0.25, 0.3) is 5.91 Å². The first-order chi connectivity index (χ1) is 11.1. The maximum atomic E-state index is 12.5. The number of ether oxygens (including phenoxy) is 3. The molecule has 6 heteroatoms. The second kappa shape index (κ2) is 10.2. The molecule has 0 radical (unpaired) electrons. The molecule has 130 valence electrons. The van der Waals surface area contributed by atoms with E-state index in [0.717, 1.165) is 12.8 Å². The standard InChI is InChI=1S/C17H28N2O4/c1-5-9-17(3,23-10-6-2)16(20)19-14-7-8-15(18-13-14)22-12-11-21-4/h7-8,13H,5-6,9-12H2,1-4H3,(H,19,20). The largest absolute Gasteiger partial charge is 0.475 e. The number of amides is 1. The van der Waals surface area contributed by atoms with Gasteiger partial charge < -0.3 is 19.5 Å². The van der Waals surface area contributed by atoms with Gasteiger partial charge in [-0.25, -0.2) is 4.98 Å². The average molecular weight is 324 g/mol. The Hall–Kier alpha value is -1.66. The number of anilines is 1. The summed E-state index contributed by atoms with van der Waals surface area (Å²) in [5.74, 6) is 0.348. The number of pyridine rings is 1. The van der Waals surface area contributed by atoms with Crippen molar-refractivity contribution in [3.05, 3.63) is 18.3 Å². The van der Waals surface area contributed by atoms with E-state index in [1.807, 2.05) is 20.8 Å². The molecule has 0 bridgehead atoms. The number of hydrogen-bond acceptors (Lipinski definition) is 5. The van der Waals surface area contributed by atoms with Crippen molar-refractivity contribution in [1.29, 1.82) is 0 Å². The SMILES string of the molecule is CCCOC(C)(CCC)C(=O)Nc1ccc(OCCOC)nc1. The highest BCUT2D eigenvalue weighted by Gasteiger charge is 2.33. The van der Waals surface area contributed by atoms with E-state index in [4.69, 9.17) is 14.2 Å². The van der Waals surface area contributed by atoms with Gasteiger partial charge in [-0.2, -0.15) is 0 Å². The van der Waals surface area contributed by atoms with Gasteiger partial charge in [-0.15, -0.1) is 0 Å². The molecule has 1 amide bonds. The van der Waals surface area contributed by atoms with Crippen LogP contribution >= 0.6 is 0 Å². The third kappa shape index (κ3) is 6.54. The van der Waals surface area contributed by atoms with E-state index in [-0.39, 0.29) is 5.91 Å². The molecule has 1 unspecified atom stereocenters. The first kappa shape index (κ1) is 19.4. The summed E-state index contributed by atoms with van der Waals surface area (Å²) in [4.78, 5) is 16.7. The Morgan fingerprint density at radius 3 is 2.57 bits per heavy atom. The zero-order valence-electron chi connectivity index (χ0n) is 14.6. The van der Waals surface area contributed by atoms with Crippen LogP contribution in [-0.4, -0.2) is 43.4 Å². The fourth-order valence-corrected chi connectivity index (χ4v) is 2.09. The van der Waals surface area contributed by atoms with Gasteiger partial charge in [0.15, 0.2) is 0 Å². The van der Waals surface area contributed by atoms with Crippen molar-refractivity contribution in [2.75, 3.05) is 32.2 Å². The highest BCUT2D eigenvalue weighted by molar-refractivity contribution is 5.96. The van der Waals surface area contributed by atoms with Gasteiger partial charge in [-0.1, -0.05) is 20.3 Å². The number of aromatic nitrogens is 1. The molecule has 0 saturated heterocycles. The summed E-state index contributed by atoms with van der Waals surface area (Å²) in [7, 11) is 1.61. The van der Waals surface area contributed by atoms with Crippen LogP contribution in [0, 0.1) is 0 Å². The van der Waals surface area contributed by atoms with Crippen LogP contribution < -0.4 is 10.1 Å². The first-order valence-corrected chi connectivity index (χ1v) is 8.09. The van der Waals surface area contributed by atoms with Crippen LogP contribution in [-0.2, 0) is 14.3 Å². The molecule has 0 aliphatic heterocycles. The predicted octanol–water partition coefficient (Wildman–Crippen LogP) is 3.03. The Balaban J connectivity index is 2.63. The lowest BCUT2D eigenvalue weighted by Crippen LogP contribution is -2.43. The van der Waals surface area contributed by atoms with E-state index in [2.05, 4.69) is 10.3 Å². The predicted molar refractivity (Wildman–Crippen MR) is 89.8 cm³/mol. The lowest BCUT2D eigenvalue weighted by Gasteiger charge is -2.28. The smallest absolute Gasteiger partial charge is 0.256 e. The summed E-state index contributed by atoms with van der Waals surface area (Å²) in [5, 5.41) is 2.86. The van der Waals surface area contributed by atoms with Crippen LogP contribution in [0.25, 0.3) is 0 Å². The number of carbonyl (C=O) groups is 1. The number of methoxy groups -OCH3 is 1. The molecular formula is C17H28N2O4. The summed E-state index contributed by atoms with van der Waals surface area (Å²) < 4.78 is 16.1. The number of nitrogens with one attached hydrogen (secondary N) is 1. The van der Waals surface area contributed by atoms with Crippen molar-refractivity contribution in [2.45, 2.75) is 45.6 Å². The van der Waals surface area contributed by atoms with Gasteiger partial charge in [0.1, 0.15) is 12.2 Å². The third-order valence-corrected chi connectivity index (χ3v) is 3.36. The molecule has 1 heterocycles. The highest BCUT2D eigenvalue weighted by Crippen LogP contribution is 2.21. The second-order valence-electron chi connectivity index (χ2n) is 5.51. The molecule has 0 fully saturated rings. The van der Waals surface area contributed by atoms with Crippen molar-refractivity contribution in [3.63, 3.8) is 0 Å². The Morgan fingerprint density at radius 2 is 2.00 bits per heavy atom. The Morgan fingerprint density at radius 1 is 1.22 bits per heavy atom. The third-order valence-electron chi connectivity index (χ3n) is 3.36. The Labute approximate surface area is 138 Å². The van der Waals surface area contributed by atoms with Crippen molar-refractivity contribution in [3.8, 4) is 5.88 Å². The van der Waals surface area contributed by atoms with Crippen molar-refractivity contribution in [2.24, 2.45) is 0 Å². The van der Waals surface area contributed by atoms with Gasteiger partial charge >= 0.3 is 0 Å². The fourth-order valence-electron chi connectivity index (χ4n) is 2.09. The summed E-state index contributed by atoms with van der Waals surface area (Å²) >= 11 is 0. The quantitative estimate of drug-likeness (QED) is 0.634. The highest BCUT2D eigenvalue weighted by atomic mass is 16.5. The van der Waals surface area contributed by atoms with Gasteiger partial charge in [0.05, 0.1) is 18.5 Å². The van der Waals surface area contributed by atoms with Crippen LogP contribution in [0.1, 0.15) is 40.0 Å². The number of carbonyl (C=O) groups excluding carboxylic acids is 1. The van der Waals surface area contributed by atoms with E-state index < -0.39 is 5.60 Å². The van der Waals surface area contributed by atoms with Crippen molar-refractivity contribution < 1.29 is 19.0 Å². The maximum Gasteiger partial charge on any atom is 0.256 e. The van der Waals surface area contributed by atoms with E-state index in [9.17, 15) is 4.79 Å². The van der Waals surface area contributed by atoms with E-state index in [1.165, 1.54) is 0 Å². The lowest BCUT2D eigenvalue weighted by molar-refractivity contribution is -0.140. The van der Waals surface area contributed by atoms with E-state index in [0.29, 0.717) is 37.8 Å². The molecule has 1 aromatic heterocycles. The molecular weight excluding hydrogens is 296 g/mol. The maximum absolute atomic E-state index is 12.5. The normalized spacial score (nSPS) is 13.4. The second-order valence-corrected chi connectivity index (χ2v) is 5.51. The summed E-state index contributed by atoms with van der Waals surface area (Å²) in [5.41, 5.74) is -0.199. The topological polar surface area (TPSA) is 69.7 Å². The molecule has 0 aliphatic carbocycles. The number of hydrogen-bond donors (Lipinski definition) is 1. The van der Waals surface area contributed by atoms with Gasteiger partial charge in [-0.3, -0.25) is 4.79 Å². The zero-order chi connectivity index (χ0) is 17.1. The minimum absolute atomic E-state index is 0.150. The van der Waals surface area contributed by atoms with Crippen molar-refractivity contribution >= 4 is 11.6 Å². The molecule has 0 saturated carbocycles. The molecule has 23 heavy (non-hydrogen) atoms. The molecule has 6 nitrogen and oxygen atoms in total. The van der Waals surface area contributed by atoms with E-state index in [1.54, 1.807) is 25.4 Å². The monoisotopic (exact) mass is 324 g/mol. The molecule has 0 aromatic carbocycles. The minimum Gasteiger partial charge on any atom is -0.475 e. The number of rotatable bonds is 11. The molecule has 1 atom stereocenters. The molecule has 0 aliphatic rings. The van der Waals surface area contributed by atoms with Gasteiger partial charge in [0, 0.05) is 19.8 Å². The summed E-state index contributed by atoms with van der Waals surface area (Å²) in [6, 6.07) is 3.48. The summed E-state index contributed by atoms with van der Waals surface area (Å²) in [6.45, 7) is 7.40. The molecule has 1 aromatic rings. The minimum atomic E-state index is -0.821. The summed E-state index contributed by atoms with van der Waals surface area (Å²) in [6.07, 6.45) is 4.00. The Bertz CT molecular complexity index is 464. The van der Waals surface area contributed by atoms with Crippen molar-refractivity contribution in [1.82, 2.24) is 4.98 Å². The van der Waals surface area contributed by atoms with Gasteiger partial charge in [-0.05, 0) is 25.8 Å². The fraction of sp³-hybridized carbons (Fsp3) is 0.647. The first-order valence-electron chi connectivity index (χ1n) is 8.09. The molecule has 0 spiro atoms. The number of nitrogens with zero attached hydrogens (tertiary/aromatic N) is 1. The van der Waals surface area contributed by atoms with Crippen LogP contribution in [0.2, 0.25) is 0 Å². The lowest BCUT2D eigenvalue weighted by atomic mass is 9.99. The van der Waals surface area contributed by atoms with Crippen LogP contribution in [0.4, 0.5) is 5.69 Å². The van der Waals surface area contributed by atoms with Crippen LogP contribution in [0.15, 0.2) is 18.3 Å². The average Bonchev–Trinajstić information content (AvgIpc) is 2.55. The van der Waals surface area contributed by atoms with Gasteiger partial charge in [0.2, 0.25) is 5.88 Å². The van der Waals surface area contributed by atoms with Crippen LogP contribution in [0.3, 0.4) is 0 Å². The molecule has 1 rings (SSSR count). The molecule has 1 N–H and O–H groups in total. The zero-order valence-corrected chi connectivity index (χ0v) is 14.6. The Kier molecular flexibility index (Phi) is 8.58. The van der Waals surface area contributed by atoms with Crippen LogP contribution in [0.5, 0.6) is 5.88 Å². The van der Waals surface area contributed by atoms with E-state index >= 15 is 0 Å².